The van der Waals surface area contributed by atoms with Crippen LogP contribution in [-0.2, 0) is 19.4 Å². The van der Waals surface area contributed by atoms with Gasteiger partial charge in [-0.15, -0.1) is 0 Å². The monoisotopic (exact) mass is 244 g/mol. The smallest absolute Gasteiger partial charge is 0.0854 e. The van der Waals surface area contributed by atoms with Crippen molar-refractivity contribution < 1.29 is 0 Å². The van der Waals surface area contributed by atoms with Crippen molar-refractivity contribution in [3.05, 3.63) is 41.0 Å². The first kappa shape index (κ1) is 12.6. The summed E-state index contributed by atoms with van der Waals surface area (Å²) in [6.45, 7) is 6.97. The van der Waals surface area contributed by atoms with Crippen molar-refractivity contribution in [1.29, 1.82) is 0 Å². The van der Waals surface area contributed by atoms with Crippen LogP contribution in [0.15, 0.2) is 18.5 Å². The molecule has 0 atom stereocenters. The number of aryl methyl sites for hydroxylation is 2. The van der Waals surface area contributed by atoms with E-state index in [4.69, 9.17) is 5.73 Å². The molecule has 0 radical (unpaired) electrons. The molecule has 2 N–H and O–H groups in total. The minimum absolute atomic E-state index is 0.738. The highest BCUT2D eigenvalue weighted by molar-refractivity contribution is 5.48. The number of aromatic nitrogens is 3. The van der Waals surface area contributed by atoms with Crippen molar-refractivity contribution in [1.82, 2.24) is 14.8 Å². The number of rotatable bonds is 4. The van der Waals surface area contributed by atoms with Crippen molar-refractivity contribution in [2.45, 2.75) is 40.2 Å². The second-order valence-electron chi connectivity index (χ2n) is 4.54. The Labute approximate surface area is 108 Å². The Balaban J connectivity index is 2.34. The van der Waals surface area contributed by atoms with Gasteiger partial charge in [0, 0.05) is 12.4 Å². The summed E-state index contributed by atoms with van der Waals surface area (Å²) >= 11 is 0. The minimum Gasteiger partial charge on any atom is -0.396 e. The van der Waals surface area contributed by atoms with Gasteiger partial charge in [0.2, 0.25) is 0 Å². The number of pyridine rings is 1. The zero-order valence-electron chi connectivity index (χ0n) is 11.3. The van der Waals surface area contributed by atoms with Crippen LogP contribution >= 0.6 is 0 Å². The summed E-state index contributed by atoms with van der Waals surface area (Å²) in [4.78, 5) is 4.21. The molecule has 96 valence electrons. The standard InChI is InChI=1S/C14H20N4/c1-4-12-14(15)13(5-2)18(17-12)9-11-6-10(3)7-16-8-11/h6-8H,4-5,9,15H2,1-3H3. The molecule has 0 unspecified atom stereocenters. The molecule has 0 fully saturated rings. The maximum Gasteiger partial charge on any atom is 0.0854 e. The van der Waals surface area contributed by atoms with Crippen LogP contribution in [0.5, 0.6) is 0 Å². The Morgan fingerprint density at radius 2 is 2.00 bits per heavy atom. The number of nitrogens with zero attached hydrogens (tertiary/aromatic N) is 3. The van der Waals surface area contributed by atoms with Crippen LogP contribution in [0.3, 0.4) is 0 Å². The van der Waals surface area contributed by atoms with Crippen molar-refractivity contribution in [2.75, 3.05) is 5.73 Å². The van der Waals surface area contributed by atoms with Crippen LogP contribution in [0.1, 0.15) is 36.4 Å². The van der Waals surface area contributed by atoms with Crippen LogP contribution in [-0.4, -0.2) is 14.8 Å². The number of nitrogen functional groups attached to an aromatic ring is 1. The van der Waals surface area contributed by atoms with Gasteiger partial charge in [0.25, 0.3) is 0 Å². The quantitative estimate of drug-likeness (QED) is 0.898. The van der Waals surface area contributed by atoms with Crippen molar-refractivity contribution in [2.24, 2.45) is 0 Å². The van der Waals surface area contributed by atoms with Gasteiger partial charge in [-0.2, -0.15) is 5.10 Å². The lowest BCUT2D eigenvalue weighted by Gasteiger charge is -2.06. The van der Waals surface area contributed by atoms with Crippen LogP contribution in [0.25, 0.3) is 0 Å². The molecule has 0 spiro atoms. The third-order valence-corrected chi connectivity index (χ3v) is 3.11. The van der Waals surface area contributed by atoms with Gasteiger partial charge < -0.3 is 5.73 Å². The topological polar surface area (TPSA) is 56.7 Å². The van der Waals surface area contributed by atoms with E-state index in [1.165, 1.54) is 5.56 Å². The number of nitrogens with two attached hydrogens (primary N) is 1. The van der Waals surface area contributed by atoms with Gasteiger partial charge in [-0.05, 0) is 30.9 Å². The molecule has 2 heterocycles. The highest BCUT2D eigenvalue weighted by Gasteiger charge is 2.12. The van der Waals surface area contributed by atoms with Gasteiger partial charge in [0.15, 0.2) is 0 Å². The van der Waals surface area contributed by atoms with Crippen LogP contribution in [0.2, 0.25) is 0 Å². The molecule has 2 aromatic rings. The first-order valence-electron chi connectivity index (χ1n) is 6.40. The van der Waals surface area contributed by atoms with E-state index in [0.29, 0.717) is 0 Å². The first-order valence-corrected chi connectivity index (χ1v) is 6.40. The van der Waals surface area contributed by atoms with Crippen molar-refractivity contribution in [3.63, 3.8) is 0 Å². The van der Waals surface area contributed by atoms with Crippen LogP contribution in [0, 0.1) is 6.92 Å². The maximum absolute atomic E-state index is 6.11. The molecule has 0 bridgehead atoms. The average Bonchev–Trinajstić information content (AvgIpc) is 2.65. The highest BCUT2D eigenvalue weighted by atomic mass is 15.3. The van der Waals surface area contributed by atoms with Crippen LogP contribution < -0.4 is 5.73 Å². The lowest BCUT2D eigenvalue weighted by Crippen LogP contribution is -2.07. The summed E-state index contributed by atoms with van der Waals surface area (Å²) in [6.07, 6.45) is 5.52. The fraction of sp³-hybridized carbons (Fsp3) is 0.429. The molecule has 4 nitrogen and oxygen atoms in total. The molecular formula is C14H20N4. The lowest BCUT2D eigenvalue weighted by molar-refractivity contribution is 0.639. The highest BCUT2D eigenvalue weighted by Crippen LogP contribution is 2.19. The second-order valence-corrected chi connectivity index (χ2v) is 4.54. The fourth-order valence-electron chi connectivity index (χ4n) is 2.21. The van der Waals surface area contributed by atoms with Crippen molar-refractivity contribution >= 4 is 5.69 Å². The largest absolute Gasteiger partial charge is 0.396 e. The van der Waals surface area contributed by atoms with Crippen molar-refractivity contribution in [3.8, 4) is 0 Å². The van der Waals surface area contributed by atoms with Gasteiger partial charge in [-0.25, -0.2) is 0 Å². The molecule has 0 saturated carbocycles. The molecular weight excluding hydrogens is 224 g/mol. The molecule has 0 amide bonds. The summed E-state index contributed by atoms with van der Waals surface area (Å²) in [5.74, 6) is 0. The Morgan fingerprint density at radius 3 is 2.61 bits per heavy atom. The van der Waals surface area contributed by atoms with E-state index in [9.17, 15) is 0 Å². The third-order valence-electron chi connectivity index (χ3n) is 3.11. The Kier molecular flexibility index (Phi) is 3.65. The summed E-state index contributed by atoms with van der Waals surface area (Å²) in [5.41, 5.74) is 11.4. The molecule has 0 saturated heterocycles. The summed E-state index contributed by atoms with van der Waals surface area (Å²) < 4.78 is 2.00. The molecule has 2 aromatic heterocycles. The SMILES string of the molecule is CCc1nn(Cc2cncc(C)c2)c(CC)c1N. The van der Waals surface area contributed by atoms with E-state index < -0.39 is 0 Å². The van der Waals surface area contributed by atoms with Gasteiger partial charge in [-0.3, -0.25) is 9.67 Å². The van der Waals surface area contributed by atoms with Gasteiger partial charge in [0.1, 0.15) is 0 Å². The molecule has 18 heavy (non-hydrogen) atoms. The molecule has 0 aliphatic carbocycles. The van der Waals surface area contributed by atoms with Gasteiger partial charge >= 0.3 is 0 Å². The number of anilines is 1. The molecule has 0 aliphatic heterocycles. The predicted molar refractivity (Wildman–Crippen MR) is 73.5 cm³/mol. The van der Waals surface area contributed by atoms with E-state index in [1.807, 2.05) is 24.0 Å². The van der Waals surface area contributed by atoms with Gasteiger partial charge in [0.05, 0.1) is 23.6 Å². The third kappa shape index (κ3) is 2.37. The summed E-state index contributed by atoms with van der Waals surface area (Å²) in [6, 6.07) is 2.13. The lowest BCUT2D eigenvalue weighted by atomic mass is 10.2. The Hall–Kier alpha value is -1.84. The predicted octanol–water partition coefficient (Wildman–Crippen LogP) is 2.34. The fourth-order valence-corrected chi connectivity index (χ4v) is 2.21. The number of hydrogen-bond acceptors (Lipinski definition) is 3. The average molecular weight is 244 g/mol. The maximum atomic E-state index is 6.11. The van der Waals surface area contributed by atoms with E-state index in [0.717, 1.165) is 42.0 Å². The molecule has 0 aliphatic rings. The zero-order valence-corrected chi connectivity index (χ0v) is 11.3. The van der Waals surface area contributed by atoms with E-state index in [2.05, 4.69) is 30.0 Å². The first-order chi connectivity index (χ1) is 8.65. The number of hydrogen-bond donors (Lipinski definition) is 1. The van der Waals surface area contributed by atoms with Gasteiger partial charge in [-0.1, -0.05) is 19.9 Å². The summed E-state index contributed by atoms with van der Waals surface area (Å²) in [5, 5.41) is 4.59. The normalized spacial score (nSPS) is 10.8. The van der Waals surface area contributed by atoms with Crippen LogP contribution in [0.4, 0.5) is 5.69 Å². The van der Waals surface area contributed by atoms with E-state index in [-0.39, 0.29) is 0 Å². The Bertz CT molecular complexity index is 543. The van der Waals surface area contributed by atoms with E-state index >= 15 is 0 Å². The molecule has 2 rings (SSSR count). The second kappa shape index (κ2) is 5.21. The minimum atomic E-state index is 0.738. The van der Waals surface area contributed by atoms with E-state index in [1.54, 1.807) is 0 Å². The zero-order chi connectivity index (χ0) is 13.1. The summed E-state index contributed by atoms with van der Waals surface area (Å²) in [7, 11) is 0. The molecule has 4 heteroatoms. The Morgan fingerprint density at radius 1 is 1.22 bits per heavy atom. The molecule has 0 aromatic carbocycles.